The van der Waals surface area contributed by atoms with Gasteiger partial charge in [-0.05, 0) is 12.5 Å². The third-order valence-electron chi connectivity index (χ3n) is 2.45. The Bertz CT molecular complexity index is 575. The molecule has 0 radical (unpaired) electrons. The molecule has 0 aliphatic heterocycles. The maximum Gasteiger partial charge on any atom is 0.329 e. The van der Waals surface area contributed by atoms with Crippen molar-refractivity contribution >= 4 is 17.6 Å². The van der Waals surface area contributed by atoms with Crippen LogP contribution in [0.5, 0.6) is 0 Å². The van der Waals surface area contributed by atoms with Crippen LogP contribution in [0.3, 0.4) is 0 Å². The number of halogens is 1. The molecule has 1 aromatic rings. The lowest BCUT2D eigenvalue weighted by Crippen LogP contribution is -2.29. The normalized spacial score (nSPS) is 10.2. The van der Waals surface area contributed by atoms with Crippen LogP contribution >= 0.6 is 0 Å². The van der Waals surface area contributed by atoms with E-state index in [9.17, 15) is 24.1 Å². The molecular weight excluding hydrogens is 287 g/mol. The number of benzene rings is 1. The topological polar surface area (TPSA) is 119 Å². The van der Waals surface area contributed by atoms with Gasteiger partial charge < -0.3 is 15.2 Å². The molecule has 1 rings (SSSR count). The van der Waals surface area contributed by atoms with Gasteiger partial charge in [0.1, 0.15) is 12.4 Å². The Morgan fingerprint density at radius 1 is 1.48 bits per heavy atom. The zero-order valence-electron chi connectivity index (χ0n) is 11.1. The average molecular weight is 300 g/mol. The predicted molar refractivity (Wildman–Crippen MR) is 68.6 cm³/mol. The maximum atomic E-state index is 13.8. The zero-order chi connectivity index (χ0) is 16.0. The van der Waals surface area contributed by atoms with Gasteiger partial charge in [0, 0.05) is 18.7 Å². The Labute approximate surface area is 118 Å². The quantitative estimate of drug-likeness (QED) is 0.438. The van der Waals surface area contributed by atoms with Crippen molar-refractivity contribution in [1.82, 2.24) is 5.32 Å². The number of non-ortho nitro benzene ring substituents is 1. The number of carbonyl (C=O) groups is 2. The summed E-state index contributed by atoms with van der Waals surface area (Å²) in [7, 11) is 0. The second-order valence-electron chi connectivity index (χ2n) is 4.08. The third-order valence-corrected chi connectivity index (χ3v) is 2.45. The first kappa shape index (κ1) is 16.5. The number of ether oxygens (including phenoxy) is 1. The highest BCUT2D eigenvalue weighted by atomic mass is 19.1. The van der Waals surface area contributed by atoms with Crippen molar-refractivity contribution in [2.75, 3.05) is 19.8 Å². The van der Waals surface area contributed by atoms with E-state index < -0.39 is 34.8 Å². The van der Waals surface area contributed by atoms with Gasteiger partial charge in [0.25, 0.3) is 11.6 Å². The standard InChI is InChI=1S/C12H13FN2O6/c1-7-4-8(15(19)20)5-9(11(7)13)12(18)14-2-3-21-6-10(16)17/h4-5H,2-3,6H2,1H3,(H,14,18)(H,16,17). The van der Waals surface area contributed by atoms with E-state index in [2.05, 4.69) is 10.1 Å². The number of carboxylic acids is 1. The molecule has 9 heteroatoms. The van der Waals surface area contributed by atoms with Crippen LogP contribution in [-0.4, -0.2) is 41.7 Å². The summed E-state index contributed by atoms with van der Waals surface area (Å²) in [6.07, 6.45) is 0. The summed E-state index contributed by atoms with van der Waals surface area (Å²) in [6.45, 7) is 0.677. The first-order valence-electron chi connectivity index (χ1n) is 5.85. The van der Waals surface area contributed by atoms with Crippen LogP contribution in [-0.2, 0) is 9.53 Å². The number of aryl methyl sites for hydroxylation is 1. The zero-order valence-corrected chi connectivity index (χ0v) is 11.1. The summed E-state index contributed by atoms with van der Waals surface area (Å²) in [4.78, 5) is 31.9. The number of aliphatic carboxylic acids is 1. The van der Waals surface area contributed by atoms with Gasteiger partial charge >= 0.3 is 5.97 Å². The maximum absolute atomic E-state index is 13.8. The fourth-order valence-corrected chi connectivity index (χ4v) is 1.51. The molecule has 1 amide bonds. The number of nitro benzene ring substituents is 1. The predicted octanol–water partition coefficient (Wildman–Crippen LogP) is 0.873. The van der Waals surface area contributed by atoms with Crippen LogP contribution in [0.25, 0.3) is 0 Å². The van der Waals surface area contributed by atoms with Crippen molar-refractivity contribution in [1.29, 1.82) is 0 Å². The summed E-state index contributed by atoms with van der Waals surface area (Å²) in [5, 5.41) is 21.3. The smallest absolute Gasteiger partial charge is 0.329 e. The van der Waals surface area contributed by atoms with Gasteiger partial charge in [-0.1, -0.05) is 0 Å². The van der Waals surface area contributed by atoms with E-state index >= 15 is 0 Å². The summed E-state index contributed by atoms with van der Waals surface area (Å²) in [6, 6.07) is 1.87. The number of nitro groups is 1. The van der Waals surface area contributed by atoms with Crippen LogP contribution in [0, 0.1) is 22.9 Å². The second kappa shape index (κ2) is 7.29. The molecule has 2 N–H and O–H groups in total. The van der Waals surface area contributed by atoms with Crippen LogP contribution in [0.4, 0.5) is 10.1 Å². The van der Waals surface area contributed by atoms with Crippen molar-refractivity contribution in [3.63, 3.8) is 0 Å². The van der Waals surface area contributed by atoms with E-state index in [-0.39, 0.29) is 24.4 Å². The minimum Gasteiger partial charge on any atom is -0.480 e. The highest BCUT2D eigenvalue weighted by Crippen LogP contribution is 2.20. The summed E-state index contributed by atoms with van der Waals surface area (Å²) < 4.78 is 18.5. The van der Waals surface area contributed by atoms with E-state index in [1.807, 2.05) is 0 Å². The SMILES string of the molecule is Cc1cc([N+](=O)[O-])cc(C(=O)NCCOCC(=O)O)c1F. The van der Waals surface area contributed by atoms with E-state index in [0.717, 1.165) is 12.1 Å². The fourth-order valence-electron chi connectivity index (χ4n) is 1.51. The molecule has 0 unspecified atom stereocenters. The Morgan fingerprint density at radius 2 is 2.14 bits per heavy atom. The fraction of sp³-hybridized carbons (Fsp3) is 0.333. The highest BCUT2D eigenvalue weighted by Gasteiger charge is 2.19. The molecule has 0 atom stereocenters. The lowest BCUT2D eigenvalue weighted by Gasteiger charge is -2.07. The number of amides is 1. The van der Waals surface area contributed by atoms with Crippen molar-refractivity contribution in [2.24, 2.45) is 0 Å². The molecule has 0 aromatic heterocycles. The number of nitrogens with zero attached hydrogens (tertiary/aromatic N) is 1. The molecular formula is C12H13FN2O6. The Kier molecular flexibility index (Phi) is 5.73. The highest BCUT2D eigenvalue weighted by molar-refractivity contribution is 5.95. The molecule has 0 heterocycles. The minimum atomic E-state index is -1.15. The summed E-state index contributed by atoms with van der Waals surface area (Å²) in [5.41, 5.74) is -0.849. The largest absolute Gasteiger partial charge is 0.480 e. The second-order valence-corrected chi connectivity index (χ2v) is 4.08. The third kappa shape index (κ3) is 4.80. The lowest BCUT2D eigenvalue weighted by molar-refractivity contribution is -0.385. The van der Waals surface area contributed by atoms with Crippen LogP contribution in [0.1, 0.15) is 15.9 Å². The first-order valence-corrected chi connectivity index (χ1v) is 5.85. The number of hydrogen-bond acceptors (Lipinski definition) is 5. The lowest BCUT2D eigenvalue weighted by atomic mass is 10.1. The van der Waals surface area contributed by atoms with Gasteiger partial charge in [0.15, 0.2) is 0 Å². The van der Waals surface area contributed by atoms with E-state index in [0.29, 0.717) is 0 Å². The van der Waals surface area contributed by atoms with E-state index in [4.69, 9.17) is 5.11 Å². The number of carbonyl (C=O) groups excluding carboxylic acids is 1. The molecule has 0 bridgehead atoms. The Morgan fingerprint density at radius 3 is 2.71 bits per heavy atom. The molecule has 0 aliphatic rings. The van der Waals surface area contributed by atoms with Crippen molar-refractivity contribution in [3.05, 3.63) is 39.2 Å². The van der Waals surface area contributed by atoms with E-state index in [1.54, 1.807) is 0 Å². The van der Waals surface area contributed by atoms with Gasteiger partial charge in [-0.3, -0.25) is 14.9 Å². The first-order chi connectivity index (χ1) is 9.82. The molecule has 21 heavy (non-hydrogen) atoms. The number of carboxylic acid groups (broad SMARTS) is 1. The van der Waals surface area contributed by atoms with Crippen LogP contribution < -0.4 is 5.32 Å². The molecule has 1 aromatic carbocycles. The van der Waals surface area contributed by atoms with Gasteiger partial charge in [0.05, 0.1) is 17.1 Å². The minimum absolute atomic E-state index is 0.0172. The molecule has 8 nitrogen and oxygen atoms in total. The van der Waals surface area contributed by atoms with Gasteiger partial charge in [0.2, 0.25) is 0 Å². The van der Waals surface area contributed by atoms with Crippen molar-refractivity contribution in [3.8, 4) is 0 Å². The molecule has 0 spiro atoms. The van der Waals surface area contributed by atoms with E-state index in [1.165, 1.54) is 6.92 Å². The number of hydrogen-bond donors (Lipinski definition) is 2. The van der Waals surface area contributed by atoms with Gasteiger partial charge in [-0.25, -0.2) is 9.18 Å². The molecule has 114 valence electrons. The van der Waals surface area contributed by atoms with Crippen LogP contribution in [0.15, 0.2) is 12.1 Å². The molecule has 0 saturated heterocycles. The average Bonchev–Trinajstić information content (AvgIpc) is 2.40. The van der Waals surface area contributed by atoms with Crippen molar-refractivity contribution in [2.45, 2.75) is 6.92 Å². The Balaban J connectivity index is 2.69. The molecule has 0 aliphatic carbocycles. The Hall–Kier alpha value is -2.55. The monoisotopic (exact) mass is 300 g/mol. The molecule has 0 fully saturated rings. The molecule has 0 saturated carbocycles. The van der Waals surface area contributed by atoms with Crippen molar-refractivity contribution < 1.29 is 28.7 Å². The van der Waals surface area contributed by atoms with Gasteiger partial charge in [-0.2, -0.15) is 0 Å². The summed E-state index contributed by atoms with van der Waals surface area (Å²) >= 11 is 0. The van der Waals surface area contributed by atoms with Gasteiger partial charge in [-0.15, -0.1) is 0 Å². The number of nitrogens with one attached hydrogen (secondary N) is 1. The number of rotatable bonds is 7. The summed E-state index contributed by atoms with van der Waals surface area (Å²) in [5.74, 6) is -2.83. The van der Waals surface area contributed by atoms with Crippen LogP contribution in [0.2, 0.25) is 0 Å².